The molecule has 1 aliphatic carbocycles. The van der Waals surface area contributed by atoms with Crippen LogP contribution >= 0.6 is 0 Å². The van der Waals surface area contributed by atoms with Crippen LogP contribution < -0.4 is 10.0 Å². The van der Waals surface area contributed by atoms with Crippen molar-refractivity contribution in [1.29, 1.82) is 0 Å². The van der Waals surface area contributed by atoms with Gasteiger partial charge in [-0.25, -0.2) is 13.1 Å². The number of nitrogens with one attached hydrogen (secondary N) is 2. The molecule has 24 heavy (non-hydrogen) atoms. The molecule has 0 bridgehead atoms. The van der Waals surface area contributed by atoms with E-state index in [-0.39, 0.29) is 35.1 Å². The van der Waals surface area contributed by atoms with Crippen molar-refractivity contribution in [3.63, 3.8) is 0 Å². The van der Waals surface area contributed by atoms with E-state index >= 15 is 0 Å². The molecule has 2 N–H and O–H groups in total. The Kier molecular flexibility index (Phi) is 3.61. The molecule has 1 unspecified atom stereocenters. The summed E-state index contributed by atoms with van der Waals surface area (Å²) in [5, 5.41) is 2.69. The van der Waals surface area contributed by atoms with Crippen LogP contribution in [0, 0.1) is 5.92 Å². The summed E-state index contributed by atoms with van der Waals surface area (Å²) in [5.74, 6) is 0.179. The number of anilines is 1. The molecule has 2 heterocycles. The highest BCUT2D eigenvalue weighted by atomic mass is 32.2. The zero-order valence-corrected chi connectivity index (χ0v) is 13.9. The predicted octanol–water partition coefficient (Wildman–Crippen LogP) is 0.470. The van der Waals surface area contributed by atoms with Gasteiger partial charge in [-0.05, 0) is 43.0 Å². The second kappa shape index (κ2) is 5.56. The number of fused-ring (bicyclic) bond motifs is 1. The van der Waals surface area contributed by atoms with E-state index in [4.69, 9.17) is 0 Å². The third kappa shape index (κ3) is 2.91. The number of sulfonamides is 1. The number of likely N-dealkylation sites (tertiary alicyclic amines) is 1. The summed E-state index contributed by atoms with van der Waals surface area (Å²) in [4.78, 5) is 25.4. The minimum atomic E-state index is -3.66. The normalized spacial score (nSPS) is 23.2. The van der Waals surface area contributed by atoms with Crippen LogP contribution in [0.4, 0.5) is 5.69 Å². The van der Waals surface area contributed by atoms with Crippen molar-refractivity contribution in [3.05, 3.63) is 23.8 Å². The molecule has 128 valence electrons. The minimum Gasteiger partial charge on any atom is -0.341 e. The molecule has 2 aliphatic heterocycles. The molecule has 3 aliphatic rings. The molecule has 8 heteroatoms. The average molecular weight is 349 g/mol. The fourth-order valence-electron chi connectivity index (χ4n) is 3.31. The van der Waals surface area contributed by atoms with Crippen molar-refractivity contribution in [2.75, 3.05) is 18.4 Å². The van der Waals surface area contributed by atoms with Crippen molar-refractivity contribution < 1.29 is 18.0 Å². The lowest BCUT2D eigenvalue weighted by molar-refractivity contribution is -0.131. The molecule has 1 saturated heterocycles. The summed E-state index contributed by atoms with van der Waals surface area (Å²) < 4.78 is 27.8. The zero-order valence-electron chi connectivity index (χ0n) is 13.1. The third-order valence-corrected chi connectivity index (χ3v) is 6.28. The maximum absolute atomic E-state index is 12.6. The van der Waals surface area contributed by atoms with Gasteiger partial charge in [-0.15, -0.1) is 0 Å². The molecule has 4 rings (SSSR count). The van der Waals surface area contributed by atoms with Gasteiger partial charge in [0.25, 0.3) is 0 Å². The van der Waals surface area contributed by atoms with Crippen LogP contribution in [0.15, 0.2) is 23.1 Å². The van der Waals surface area contributed by atoms with Crippen molar-refractivity contribution in [1.82, 2.24) is 9.62 Å². The smallest absolute Gasteiger partial charge is 0.240 e. The number of nitrogens with zero attached hydrogens (tertiary/aromatic N) is 1. The Morgan fingerprint density at radius 3 is 2.79 bits per heavy atom. The van der Waals surface area contributed by atoms with Crippen molar-refractivity contribution in [3.8, 4) is 0 Å². The Balaban J connectivity index is 1.45. The monoisotopic (exact) mass is 349 g/mol. The van der Waals surface area contributed by atoms with Crippen molar-refractivity contribution in [2.24, 2.45) is 5.92 Å². The fourth-order valence-corrected chi connectivity index (χ4v) is 4.62. The SMILES string of the molecule is O=C1Cc2cc(S(=O)(=O)NC3CCN(C(=O)C4CC4)C3)ccc2N1. The maximum Gasteiger partial charge on any atom is 0.240 e. The summed E-state index contributed by atoms with van der Waals surface area (Å²) in [5.41, 5.74) is 1.36. The Morgan fingerprint density at radius 2 is 2.04 bits per heavy atom. The summed E-state index contributed by atoms with van der Waals surface area (Å²) in [6, 6.07) is 4.39. The van der Waals surface area contributed by atoms with Gasteiger partial charge < -0.3 is 10.2 Å². The lowest BCUT2D eigenvalue weighted by Gasteiger charge is -2.17. The molecule has 7 nitrogen and oxygen atoms in total. The molecule has 2 amide bonds. The van der Waals surface area contributed by atoms with Gasteiger partial charge in [-0.3, -0.25) is 9.59 Å². The van der Waals surface area contributed by atoms with Crippen LogP contribution in [0.1, 0.15) is 24.8 Å². The maximum atomic E-state index is 12.6. The summed E-state index contributed by atoms with van der Waals surface area (Å²) in [6.07, 6.45) is 2.73. The number of rotatable bonds is 4. The van der Waals surface area contributed by atoms with Crippen LogP contribution in [0.2, 0.25) is 0 Å². The van der Waals surface area contributed by atoms with E-state index in [0.717, 1.165) is 12.8 Å². The first kappa shape index (κ1) is 15.6. The van der Waals surface area contributed by atoms with Gasteiger partial charge in [0.1, 0.15) is 0 Å². The number of hydrogen-bond acceptors (Lipinski definition) is 4. The summed E-state index contributed by atoms with van der Waals surface area (Å²) in [6.45, 7) is 1.03. The van der Waals surface area contributed by atoms with Crippen LogP contribution in [-0.4, -0.2) is 44.3 Å². The van der Waals surface area contributed by atoms with Crippen molar-refractivity contribution in [2.45, 2.75) is 36.6 Å². The van der Waals surface area contributed by atoms with E-state index in [1.54, 1.807) is 11.0 Å². The van der Waals surface area contributed by atoms with Gasteiger partial charge in [0, 0.05) is 30.7 Å². The summed E-state index contributed by atoms with van der Waals surface area (Å²) >= 11 is 0. The molecule has 0 spiro atoms. The standard InChI is InChI=1S/C16H19N3O4S/c20-15-8-11-7-13(3-4-14(11)17-15)24(22,23)18-12-5-6-19(9-12)16(21)10-1-2-10/h3-4,7,10,12,18H,1-2,5-6,8-9H2,(H,17,20). The highest BCUT2D eigenvalue weighted by Crippen LogP contribution is 2.32. The number of amides is 2. The fraction of sp³-hybridized carbons (Fsp3) is 0.500. The van der Waals surface area contributed by atoms with Crippen LogP contribution in [0.25, 0.3) is 0 Å². The Hall–Kier alpha value is -1.93. The first-order valence-electron chi connectivity index (χ1n) is 8.16. The predicted molar refractivity (Wildman–Crippen MR) is 86.8 cm³/mol. The Bertz CT molecular complexity index is 817. The molecule has 2 fully saturated rings. The number of benzene rings is 1. The quantitative estimate of drug-likeness (QED) is 0.826. The number of carbonyl (C=O) groups is 2. The first-order valence-corrected chi connectivity index (χ1v) is 9.64. The lowest BCUT2D eigenvalue weighted by atomic mass is 10.2. The largest absolute Gasteiger partial charge is 0.341 e. The van der Waals surface area contributed by atoms with Gasteiger partial charge in [0.15, 0.2) is 0 Å². The zero-order chi connectivity index (χ0) is 16.9. The third-order valence-electron chi connectivity index (χ3n) is 4.76. The van der Waals surface area contributed by atoms with Crippen LogP contribution in [0.5, 0.6) is 0 Å². The Morgan fingerprint density at radius 1 is 1.25 bits per heavy atom. The Labute approximate surface area is 140 Å². The van der Waals surface area contributed by atoms with E-state index in [1.165, 1.54) is 12.1 Å². The van der Waals surface area contributed by atoms with E-state index in [0.29, 0.717) is 30.8 Å². The average Bonchev–Trinajstić information content (AvgIpc) is 3.16. The number of hydrogen-bond donors (Lipinski definition) is 2. The second-order valence-electron chi connectivity index (χ2n) is 6.71. The van der Waals surface area contributed by atoms with Gasteiger partial charge in [0.05, 0.1) is 11.3 Å². The molecule has 0 aromatic heterocycles. The molecular weight excluding hydrogens is 330 g/mol. The molecule has 0 radical (unpaired) electrons. The van der Waals surface area contributed by atoms with E-state index in [1.807, 2.05) is 0 Å². The molecule has 1 aromatic rings. The van der Waals surface area contributed by atoms with Crippen molar-refractivity contribution >= 4 is 27.5 Å². The highest BCUT2D eigenvalue weighted by molar-refractivity contribution is 7.89. The van der Waals surface area contributed by atoms with Gasteiger partial charge >= 0.3 is 0 Å². The van der Waals surface area contributed by atoms with E-state index in [2.05, 4.69) is 10.0 Å². The minimum absolute atomic E-state index is 0.127. The van der Waals surface area contributed by atoms with Crippen LogP contribution in [-0.2, 0) is 26.0 Å². The molecule has 1 atom stereocenters. The second-order valence-corrected chi connectivity index (χ2v) is 8.42. The van der Waals surface area contributed by atoms with E-state index < -0.39 is 10.0 Å². The van der Waals surface area contributed by atoms with E-state index in [9.17, 15) is 18.0 Å². The van der Waals surface area contributed by atoms with Gasteiger partial charge in [0.2, 0.25) is 21.8 Å². The van der Waals surface area contributed by atoms with Gasteiger partial charge in [-0.1, -0.05) is 0 Å². The highest BCUT2D eigenvalue weighted by Gasteiger charge is 2.37. The molecule has 1 aromatic carbocycles. The van der Waals surface area contributed by atoms with Crippen LogP contribution in [0.3, 0.4) is 0 Å². The summed E-state index contributed by atoms with van der Waals surface area (Å²) in [7, 11) is -3.66. The first-order chi connectivity index (χ1) is 11.4. The van der Waals surface area contributed by atoms with Gasteiger partial charge in [-0.2, -0.15) is 0 Å². The molecule has 1 saturated carbocycles. The number of carbonyl (C=O) groups excluding carboxylic acids is 2. The lowest BCUT2D eigenvalue weighted by Crippen LogP contribution is -2.38. The topological polar surface area (TPSA) is 95.6 Å². The molecular formula is C16H19N3O4S.